The van der Waals surface area contributed by atoms with Gasteiger partial charge < -0.3 is 16.4 Å². The second-order valence-corrected chi connectivity index (χ2v) is 5.99. The highest BCUT2D eigenvalue weighted by atomic mass is 16.2. The number of amides is 2. The lowest BCUT2D eigenvalue weighted by atomic mass is 10.2. The molecule has 0 saturated carbocycles. The van der Waals surface area contributed by atoms with Gasteiger partial charge in [-0.15, -0.1) is 0 Å². The van der Waals surface area contributed by atoms with Gasteiger partial charge in [-0.25, -0.2) is 0 Å². The number of piperazine rings is 1. The van der Waals surface area contributed by atoms with E-state index in [1.807, 2.05) is 6.07 Å². The highest BCUT2D eigenvalue weighted by molar-refractivity contribution is 6.01. The third kappa shape index (κ3) is 5.58. The molecule has 4 N–H and O–H groups in total. The summed E-state index contributed by atoms with van der Waals surface area (Å²) in [5, 5.41) is 15.3. The SMILES string of the molecule is CC(=O)N(/C=C(/C#N)C(=O)NCCN1CCNCC1)c1cccc(N)c1. The molecule has 0 bridgehead atoms. The van der Waals surface area contributed by atoms with Gasteiger partial charge >= 0.3 is 0 Å². The molecule has 1 saturated heterocycles. The van der Waals surface area contributed by atoms with Crippen LogP contribution < -0.4 is 21.3 Å². The fourth-order valence-electron chi connectivity index (χ4n) is 2.65. The van der Waals surface area contributed by atoms with E-state index < -0.39 is 5.91 Å². The highest BCUT2D eigenvalue weighted by Crippen LogP contribution is 2.19. The van der Waals surface area contributed by atoms with Crippen LogP contribution in [0.3, 0.4) is 0 Å². The maximum Gasteiger partial charge on any atom is 0.263 e. The molecular formula is C18H24N6O2. The summed E-state index contributed by atoms with van der Waals surface area (Å²) in [4.78, 5) is 27.7. The Morgan fingerprint density at radius 1 is 1.42 bits per heavy atom. The van der Waals surface area contributed by atoms with Crippen molar-refractivity contribution in [2.75, 3.05) is 49.9 Å². The minimum atomic E-state index is -0.502. The van der Waals surface area contributed by atoms with E-state index in [2.05, 4.69) is 15.5 Å². The van der Waals surface area contributed by atoms with Gasteiger partial charge in [0.2, 0.25) is 5.91 Å². The largest absolute Gasteiger partial charge is 0.399 e. The summed E-state index contributed by atoms with van der Waals surface area (Å²) in [5.41, 5.74) is 6.59. The van der Waals surface area contributed by atoms with Crippen molar-refractivity contribution in [3.8, 4) is 6.07 Å². The van der Waals surface area contributed by atoms with Crippen molar-refractivity contribution in [2.45, 2.75) is 6.92 Å². The molecule has 1 fully saturated rings. The molecule has 1 aliphatic rings. The van der Waals surface area contributed by atoms with Crippen LogP contribution in [0.15, 0.2) is 36.0 Å². The third-order valence-corrected chi connectivity index (χ3v) is 4.03. The van der Waals surface area contributed by atoms with E-state index in [9.17, 15) is 14.9 Å². The summed E-state index contributed by atoms with van der Waals surface area (Å²) in [7, 11) is 0. The zero-order valence-electron chi connectivity index (χ0n) is 14.9. The molecule has 1 heterocycles. The molecule has 1 aromatic rings. The first-order valence-corrected chi connectivity index (χ1v) is 8.50. The van der Waals surface area contributed by atoms with E-state index in [0.29, 0.717) is 17.9 Å². The zero-order chi connectivity index (χ0) is 18.9. The molecule has 26 heavy (non-hydrogen) atoms. The van der Waals surface area contributed by atoms with Gasteiger partial charge in [-0.2, -0.15) is 5.26 Å². The van der Waals surface area contributed by atoms with Crippen LogP contribution in [0.25, 0.3) is 0 Å². The molecule has 0 aliphatic carbocycles. The number of nitrogens with two attached hydrogens (primary N) is 1. The molecular weight excluding hydrogens is 332 g/mol. The Labute approximate surface area is 153 Å². The normalized spacial score (nSPS) is 15.2. The highest BCUT2D eigenvalue weighted by Gasteiger charge is 2.16. The average Bonchev–Trinajstić information content (AvgIpc) is 2.63. The predicted molar refractivity (Wildman–Crippen MR) is 100 cm³/mol. The number of carbonyl (C=O) groups excluding carboxylic acids is 2. The van der Waals surface area contributed by atoms with Crippen molar-refractivity contribution >= 4 is 23.2 Å². The second-order valence-electron chi connectivity index (χ2n) is 5.99. The lowest BCUT2D eigenvalue weighted by Crippen LogP contribution is -2.46. The molecule has 0 atom stereocenters. The van der Waals surface area contributed by atoms with Crippen LogP contribution in [0.4, 0.5) is 11.4 Å². The summed E-state index contributed by atoms with van der Waals surface area (Å²) in [6.45, 7) is 6.26. The molecule has 1 aromatic carbocycles. The van der Waals surface area contributed by atoms with Crippen molar-refractivity contribution in [1.82, 2.24) is 15.5 Å². The Bertz CT molecular complexity index is 719. The first-order valence-electron chi connectivity index (χ1n) is 8.50. The van der Waals surface area contributed by atoms with Gasteiger partial charge in [-0.3, -0.25) is 19.4 Å². The number of hydrogen-bond acceptors (Lipinski definition) is 6. The lowest BCUT2D eigenvalue weighted by Gasteiger charge is -2.27. The van der Waals surface area contributed by atoms with Crippen molar-refractivity contribution in [3.05, 3.63) is 36.0 Å². The monoisotopic (exact) mass is 356 g/mol. The van der Waals surface area contributed by atoms with Crippen LogP contribution >= 0.6 is 0 Å². The number of nitrogen functional groups attached to an aromatic ring is 1. The lowest BCUT2D eigenvalue weighted by molar-refractivity contribution is -0.117. The number of benzene rings is 1. The Balaban J connectivity index is 2.02. The minimum absolute atomic E-state index is 0.136. The molecule has 0 radical (unpaired) electrons. The smallest absolute Gasteiger partial charge is 0.263 e. The van der Waals surface area contributed by atoms with E-state index in [0.717, 1.165) is 32.7 Å². The molecule has 138 valence electrons. The van der Waals surface area contributed by atoms with Gasteiger partial charge in [0.05, 0.1) is 5.69 Å². The summed E-state index contributed by atoms with van der Waals surface area (Å²) in [5.74, 6) is -0.824. The second kappa shape index (κ2) is 9.56. The summed E-state index contributed by atoms with van der Waals surface area (Å²) < 4.78 is 0. The summed E-state index contributed by atoms with van der Waals surface area (Å²) in [6, 6.07) is 8.55. The number of anilines is 2. The van der Waals surface area contributed by atoms with Crippen LogP contribution in [0.1, 0.15) is 6.92 Å². The standard InChI is InChI=1S/C18H24N6O2/c1-14(25)24(17-4-2-3-16(20)11-17)13-15(12-19)18(26)22-7-10-23-8-5-21-6-9-23/h2-4,11,13,21H,5-10,20H2,1H3,(H,22,26)/b15-13-. The molecule has 0 aromatic heterocycles. The van der Waals surface area contributed by atoms with Gasteiger partial charge in [-0.05, 0) is 18.2 Å². The van der Waals surface area contributed by atoms with Gasteiger partial charge in [-0.1, -0.05) is 6.07 Å². The topological polar surface area (TPSA) is 114 Å². The number of carbonyl (C=O) groups is 2. The molecule has 1 aliphatic heterocycles. The Morgan fingerprint density at radius 3 is 2.77 bits per heavy atom. The first kappa shape index (κ1) is 19.4. The van der Waals surface area contributed by atoms with Crippen LogP contribution in [0.5, 0.6) is 0 Å². The van der Waals surface area contributed by atoms with Crippen molar-refractivity contribution in [1.29, 1.82) is 5.26 Å². The number of hydrogen-bond donors (Lipinski definition) is 3. The van der Waals surface area contributed by atoms with Gasteiger partial charge in [0.15, 0.2) is 0 Å². The summed E-state index contributed by atoms with van der Waals surface area (Å²) in [6.07, 6.45) is 1.25. The molecule has 8 nitrogen and oxygen atoms in total. The number of nitrogens with zero attached hydrogens (tertiary/aromatic N) is 3. The molecule has 0 spiro atoms. The quantitative estimate of drug-likeness (QED) is 0.377. The Hall–Kier alpha value is -2.89. The first-order chi connectivity index (χ1) is 12.5. The van der Waals surface area contributed by atoms with E-state index in [4.69, 9.17) is 5.73 Å². The molecule has 2 amide bonds. The van der Waals surface area contributed by atoms with Crippen LogP contribution in [0.2, 0.25) is 0 Å². The Morgan fingerprint density at radius 2 is 2.15 bits per heavy atom. The van der Waals surface area contributed by atoms with E-state index in [-0.39, 0.29) is 11.5 Å². The average molecular weight is 356 g/mol. The van der Waals surface area contributed by atoms with E-state index in [1.54, 1.807) is 24.3 Å². The predicted octanol–water partition coefficient (Wildman–Crippen LogP) is 0.0506. The minimum Gasteiger partial charge on any atom is -0.399 e. The van der Waals surface area contributed by atoms with E-state index >= 15 is 0 Å². The third-order valence-electron chi connectivity index (χ3n) is 4.03. The van der Waals surface area contributed by atoms with Crippen molar-refractivity contribution < 1.29 is 9.59 Å². The zero-order valence-corrected chi connectivity index (χ0v) is 14.9. The van der Waals surface area contributed by atoms with Crippen molar-refractivity contribution in [2.24, 2.45) is 0 Å². The maximum absolute atomic E-state index is 12.3. The van der Waals surface area contributed by atoms with Gasteiger partial charge in [0.25, 0.3) is 5.91 Å². The maximum atomic E-state index is 12.3. The van der Waals surface area contributed by atoms with Crippen LogP contribution in [-0.2, 0) is 9.59 Å². The molecule has 0 unspecified atom stereocenters. The molecule has 2 rings (SSSR count). The Kier molecular flexibility index (Phi) is 7.14. The summed E-state index contributed by atoms with van der Waals surface area (Å²) >= 11 is 0. The number of nitriles is 1. The fraction of sp³-hybridized carbons (Fsp3) is 0.389. The van der Waals surface area contributed by atoms with E-state index in [1.165, 1.54) is 18.0 Å². The van der Waals surface area contributed by atoms with Gasteiger partial charge in [0.1, 0.15) is 11.6 Å². The van der Waals surface area contributed by atoms with Crippen LogP contribution in [-0.4, -0.2) is 56.0 Å². The van der Waals surface area contributed by atoms with Crippen LogP contribution in [0, 0.1) is 11.3 Å². The fourth-order valence-corrected chi connectivity index (χ4v) is 2.65. The van der Waals surface area contributed by atoms with Crippen molar-refractivity contribution in [3.63, 3.8) is 0 Å². The number of rotatable bonds is 6. The molecule has 8 heteroatoms. The van der Waals surface area contributed by atoms with Gasteiger partial charge in [0, 0.05) is 58.1 Å². The number of nitrogens with one attached hydrogen (secondary N) is 2.